The molecule has 0 fully saturated rings. The monoisotopic (exact) mass is 259 g/mol. The number of likely N-dealkylation sites (N-methyl/N-ethyl adjacent to an activating group) is 1. The highest BCUT2D eigenvalue weighted by Gasteiger charge is 2.10. The molecule has 2 aromatic rings. The van der Waals surface area contributed by atoms with Crippen LogP contribution in [0.25, 0.3) is 0 Å². The van der Waals surface area contributed by atoms with Gasteiger partial charge >= 0.3 is 5.97 Å². The highest BCUT2D eigenvalue weighted by Crippen LogP contribution is 2.23. The number of hydrogen-bond donors (Lipinski definition) is 3. The molecule has 0 aliphatic rings. The second kappa shape index (κ2) is 5.48. The molecule has 1 aromatic heterocycles. The van der Waals surface area contributed by atoms with E-state index in [1.54, 1.807) is 12.1 Å². The second-order valence-corrected chi connectivity index (χ2v) is 4.47. The Bertz CT molecular complexity index is 564. The quantitative estimate of drug-likeness (QED) is 0.717. The molecular weight excluding hydrogens is 242 g/mol. The Morgan fingerprint density at radius 1 is 1.42 bits per heavy atom. The number of nitrogens with two attached hydrogens (primary N) is 1. The maximum absolute atomic E-state index is 11.0. The Morgan fingerprint density at radius 3 is 2.84 bits per heavy atom. The number of nitrogens with zero attached hydrogens (tertiary/aromatic N) is 1. The van der Waals surface area contributed by atoms with Crippen molar-refractivity contribution >= 4 is 17.3 Å². The molecule has 0 radical (unpaired) electrons. The number of aromatic nitrogens is 1. The summed E-state index contributed by atoms with van der Waals surface area (Å²) in [7, 11) is 1.91. The van der Waals surface area contributed by atoms with Gasteiger partial charge in [0.15, 0.2) is 0 Å². The lowest BCUT2D eigenvalue weighted by molar-refractivity contribution is 0.0697. The number of rotatable bonds is 5. The molecule has 0 atom stereocenters. The summed E-state index contributed by atoms with van der Waals surface area (Å²) in [5.74, 6) is -0.944. The van der Waals surface area contributed by atoms with E-state index in [-0.39, 0.29) is 5.56 Å². The third-order valence-electron chi connectivity index (χ3n) is 3.09. The number of carboxylic acid groups (broad SMARTS) is 1. The fourth-order valence-electron chi connectivity index (χ4n) is 1.94. The largest absolute Gasteiger partial charge is 0.478 e. The van der Waals surface area contributed by atoms with Crippen molar-refractivity contribution in [3.8, 4) is 0 Å². The van der Waals surface area contributed by atoms with E-state index in [9.17, 15) is 4.79 Å². The number of H-pyrrole nitrogens is 1. The first-order valence-electron chi connectivity index (χ1n) is 6.03. The summed E-state index contributed by atoms with van der Waals surface area (Å²) in [6.45, 7) is 0.769. The van der Waals surface area contributed by atoms with Gasteiger partial charge in [0.25, 0.3) is 0 Å². The van der Waals surface area contributed by atoms with Gasteiger partial charge < -0.3 is 20.7 Å². The number of anilines is 2. The summed E-state index contributed by atoms with van der Waals surface area (Å²) in [4.78, 5) is 15.9. The molecule has 4 N–H and O–H groups in total. The summed E-state index contributed by atoms with van der Waals surface area (Å²) in [5.41, 5.74) is 8.69. The van der Waals surface area contributed by atoms with Gasteiger partial charge in [-0.3, -0.25) is 0 Å². The standard InChI is InChI=1S/C14H17N3O2/c1-17(7-5-10-4-6-16-9-10)13-8-11(14(18)19)2-3-12(13)15/h2-4,6,8-9,16H,5,7,15H2,1H3,(H,18,19). The Morgan fingerprint density at radius 2 is 2.21 bits per heavy atom. The van der Waals surface area contributed by atoms with E-state index < -0.39 is 5.97 Å². The molecule has 0 spiro atoms. The third-order valence-corrected chi connectivity index (χ3v) is 3.09. The molecule has 2 rings (SSSR count). The average molecular weight is 259 g/mol. The predicted molar refractivity (Wildman–Crippen MR) is 75.6 cm³/mol. The van der Waals surface area contributed by atoms with E-state index in [1.807, 2.05) is 30.4 Å². The molecule has 5 heteroatoms. The van der Waals surface area contributed by atoms with Gasteiger partial charge in [-0.2, -0.15) is 0 Å². The number of carbonyl (C=O) groups is 1. The van der Waals surface area contributed by atoms with E-state index in [0.29, 0.717) is 5.69 Å². The van der Waals surface area contributed by atoms with Crippen molar-refractivity contribution in [2.45, 2.75) is 6.42 Å². The van der Waals surface area contributed by atoms with Crippen LogP contribution in [0.1, 0.15) is 15.9 Å². The first kappa shape index (κ1) is 13.0. The summed E-state index contributed by atoms with van der Waals surface area (Å²) in [5, 5.41) is 9.00. The lowest BCUT2D eigenvalue weighted by atomic mass is 10.1. The third kappa shape index (κ3) is 3.07. The predicted octanol–water partition coefficient (Wildman–Crippen LogP) is 1.97. The maximum atomic E-state index is 11.0. The zero-order valence-corrected chi connectivity index (χ0v) is 10.8. The number of hydrogen-bond acceptors (Lipinski definition) is 3. The van der Waals surface area contributed by atoms with Gasteiger partial charge in [0.1, 0.15) is 0 Å². The Kier molecular flexibility index (Phi) is 3.75. The number of benzene rings is 1. The van der Waals surface area contributed by atoms with Crippen molar-refractivity contribution in [1.29, 1.82) is 0 Å². The van der Waals surface area contributed by atoms with Gasteiger partial charge in [0, 0.05) is 26.0 Å². The number of nitrogens with one attached hydrogen (secondary N) is 1. The molecule has 100 valence electrons. The van der Waals surface area contributed by atoms with Crippen LogP contribution < -0.4 is 10.6 Å². The topological polar surface area (TPSA) is 82.3 Å². The van der Waals surface area contributed by atoms with Gasteiger partial charge in [-0.15, -0.1) is 0 Å². The molecule has 0 unspecified atom stereocenters. The molecule has 0 saturated carbocycles. The molecule has 5 nitrogen and oxygen atoms in total. The first-order chi connectivity index (χ1) is 9.08. The first-order valence-corrected chi connectivity index (χ1v) is 6.03. The minimum absolute atomic E-state index is 0.248. The van der Waals surface area contributed by atoms with Crippen LogP contribution in [0.5, 0.6) is 0 Å². The normalized spacial score (nSPS) is 10.4. The van der Waals surface area contributed by atoms with Crippen molar-refractivity contribution in [3.63, 3.8) is 0 Å². The van der Waals surface area contributed by atoms with Gasteiger partial charge in [0.2, 0.25) is 0 Å². The summed E-state index contributed by atoms with van der Waals surface area (Å²) in [6.07, 6.45) is 4.70. The average Bonchev–Trinajstić information content (AvgIpc) is 2.89. The molecule has 1 aromatic carbocycles. The number of aromatic amines is 1. The van der Waals surface area contributed by atoms with E-state index in [1.165, 1.54) is 11.6 Å². The molecule has 0 aliphatic carbocycles. The molecule has 1 heterocycles. The Labute approximate surface area is 111 Å². The van der Waals surface area contributed by atoms with E-state index in [4.69, 9.17) is 10.8 Å². The van der Waals surface area contributed by atoms with Crippen molar-refractivity contribution in [1.82, 2.24) is 4.98 Å². The van der Waals surface area contributed by atoms with E-state index in [0.717, 1.165) is 18.7 Å². The summed E-state index contributed by atoms with van der Waals surface area (Å²) < 4.78 is 0. The van der Waals surface area contributed by atoms with Crippen molar-refractivity contribution in [2.75, 3.05) is 24.2 Å². The SMILES string of the molecule is CN(CCc1cc[nH]c1)c1cc(C(=O)O)ccc1N. The number of carboxylic acids is 1. The van der Waals surface area contributed by atoms with Crippen LogP contribution in [-0.2, 0) is 6.42 Å². The van der Waals surface area contributed by atoms with Crippen LogP contribution in [0, 0.1) is 0 Å². The Hall–Kier alpha value is -2.43. The van der Waals surface area contributed by atoms with E-state index in [2.05, 4.69) is 4.98 Å². The summed E-state index contributed by atoms with van der Waals surface area (Å²) >= 11 is 0. The number of aromatic carboxylic acids is 1. The van der Waals surface area contributed by atoms with Gasteiger partial charge in [-0.25, -0.2) is 4.79 Å². The second-order valence-electron chi connectivity index (χ2n) is 4.47. The Balaban J connectivity index is 2.11. The molecule has 0 bridgehead atoms. The fraction of sp³-hybridized carbons (Fsp3) is 0.214. The highest BCUT2D eigenvalue weighted by molar-refractivity contribution is 5.90. The maximum Gasteiger partial charge on any atom is 0.335 e. The van der Waals surface area contributed by atoms with Crippen LogP contribution in [0.15, 0.2) is 36.7 Å². The van der Waals surface area contributed by atoms with E-state index >= 15 is 0 Å². The molecule has 0 amide bonds. The van der Waals surface area contributed by atoms with Gasteiger partial charge in [0.05, 0.1) is 16.9 Å². The minimum Gasteiger partial charge on any atom is -0.478 e. The van der Waals surface area contributed by atoms with Crippen LogP contribution in [0.2, 0.25) is 0 Å². The lowest BCUT2D eigenvalue weighted by Gasteiger charge is -2.21. The zero-order chi connectivity index (χ0) is 13.8. The van der Waals surface area contributed by atoms with Crippen molar-refractivity contribution < 1.29 is 9.90 Å². The lowest BCUT2D eigenvalue weighted by Crippen LogP contribution is -2.21. The number of nitrogen functional groups attached to an aromatic ring is 1. The van der Waals surface area contributed by atoms with Crippen LogP contribution in [0.4, 0.5) is 11.4 Å². The zero-order valence-electron chi connectivity index (χ0n) is 10.8. The molecule has 0 aliphatic heterocycles. The van der Waals surface area contributed by atoms with Crippen LogP contribution in [0.3, 0.4) is 0 Å². The molecule has 19 heavy (non-hydrogen) atoms. The summed E-state index contributed by atoms with van der Waals surface area (Å²) in [6, 6.07) is 6.77. The fourth-order valence-corrected chi connectivity index (χ4v) is 1.94. The van der Waals surface area contributed by atoms with Crippen molar-refractivity contribution in [3.05, 3.63) is 47.8 Å². The van der Waals surface area contributed by atoms with Crippen LogP contribution >= 0.6 is 0 Å². The van der Waals surface area contributed by atoms with Crippen LogP contribution in [-0.4, -0.2) is 29.7 Å². The van der Waals surface area contributed by atoms with Crippen molar-refractivity contribution in [2.24, 2.45) is 0 Å². The smallest absolute Gasteiger partial charge is 0.335 e. The molecule has 0 saturated heterocycles. The van der Waals surface area contributed by atoms with Gasteiger partial charge in [-0.05, 0) is 36.2 Å². The minimum atomic E-state index is -0.944. The van der Waals surface area contributed by atoms with Gasteiger partial charge in [-0.1, -0.05) is 0 Å². The molecular formula is C14H17N3O2. The highest BCUT2D eigenvalue weighted by atomic mass is 16.4.